The van der Waals surface area contributed by atoms with Gasteiger partial charge in [0.2, 0.25) is 0 Å². The Bertz CT molecular complexity index is 1310. The molecule has 0 saturated heterocycles. The van der Waals surface area contributed by atoms with E-state index in [-0.39, 0.29) is 70.4 Å². The monoisotopic (exact) mass is 453 g/mol. The van der Waals surface area contributed by atoms with E-state index in [4.69, 9.17) is 4.52 Å². The summed E-state index contributed by atoms with van der Waals surface area (Å²) in [6, 6.07) is 21.9. The fourth-order valence-corrected chi connectivity index (χ4v) is 3.66. The molecule has 0 aliphatic carbocycles. The van der Waals surface area contributed by atoms with E-state index in [9.17, 15) is 19.1 Å². The molecular formula is C22H18NNa2O5P. The van der Waals surface area contributed by atoms with Crippen molar-refractivity contribution in [3.05, 3.63) is 83.9 Å². The van der Waals surface area contributed by atoms with E-state index in [1.54, 1.807) is 18.2 Å². The molecule has 0 spiro atoms. The van der Waals surface area contributed by atoms with Gasteiger partial charge in [0.15, 0.2) is 0 Å². The molecule has 0 heterocycles. The number of phosphoric acid groups is 1. The molecule has 31 heavy (non-hydrogen) atoms. The Labute approximate surface area is 223 Å². The molecular weight excluding hydrogens is 435 g/mol. The normalized spacial score (nSPS) is 10.8. The zero-order chi connectivity index (χ0) is 20.6. The number of para-hydroxylation sites is 1. The number of carbonyl (C=O) groups is 1. The number of phosphoric ester groups is 1. The van der Waals surface area contributed by atoms with Gasteiger partial charge in [0, 0.05) is 64.8 Å². The summed E-state index contributed by atoms with van der Waals surface area (Å²) in [7, 11) is -4.85. The Morgan fingerprint density at radius 1 is 0.839 bits per heavy atom. The molecule has 0 saturated carbocycles. The van der Waals surface area contributed by atoms with Crippen LogP contribution < -0.4 is 9.84 Å². The molecule has 4 aromatic carbocycles. The molecule has 1 amide bonds. The average molecular weight is 453 g/mol. The van der Waals surface area contributed by atoms with Gasteiger partial charge in [0.05, 0.1) is 5.56 Å². The number of amides is 1. The van der Waals surface area contributed by atoms with Crippen LogP contribution in [0.25, 0.3) is 21.5 Å². The number of fused-ring (bicyclic) bond motifs is 2. The second-order valence-electron chi connectivity index (χ2n) is 6.75. The molecule has 6 nitrogen and oxygen atoms in total. The molecule has 4 aromatic rings. The largest absolute Gasteiger partial charge is 0.524 e. The van der Waals surface area contributed by atoms with Crippen LogP contribution in [0.4, 0.5) is 5.69 Å². The molecule has 148 valence electrons. The van der Waals surface area contributed by atoms with Gasteiger partial charge in [-0.2, -0.15) is 0 Å². The molecule has 4 rings (SSSR count). The Kier molecular flexibility index (Phi) is 8.94. The maximum atomic E-state index is 12.9. The number of nitrogens with one attached hydrogen (secondary N) is 1. The molecule has 0 atom stereocenters. The van der Waals surface area contributed by atoms with Crippen LogP contribution in [0.3, 0.4) is 0 Å². The molecule has 0 aliphatic rings. The molecule has 3 N–H and O–H groups in total. The molecule has 0 fully saturated rings. The van der Waals surface area contributed by atoms with Crippen molar-refractivity contribution in [3.63, 3.8) is 0 Å². The zero-order valence-corrected chi connectivity index (χ0v) is 22.4. The summed E-state index contributed by atoms with van der Waals surface area (Å²) in [5, 5.41) is 6.22. The number of carbonyl (C=O) groups excluding carboxylic acids is 1. The SMILES string of the molecule is Cc1ccccc1NC(=O)c1cc2cc3ccccc3cc2cc1OP(=O)(O)O.[Na].[Na]. The number of hydrogen-bond donors (Lipinski definition) is 3. The van der Waals surface area contributed by atoms with Crippen molar-refractivity contribution in [1.82, 2.24) is 0 Å². The molecule has 0 aliphatic heterocycles. The molecule has 2 radical (unpaired) electrons. The number of benzene rings is 4. The van der Waals surface area contributed by atoms with Gasteiger partial charge in [0.25, 0.3) is 5.91 Å². The summed E-state index contributed by atoms with van der Waals surface area (Å²) in [4.78, 5) is 31.6. The van der Waals surface area contributed by atoms with E-state index < -0.39 is 13.7 Å². The minimum Gasteiger partial charge on any atom is -0.403 e. The predicted octanol–water partition coefficient (Wildman–Crippen LogP) is 4.26. The maximum absolute atomic E-state index is 12.9. The van der Waals surface area contributed by atoms with Crippen LogP contribution in [-0.2, 0) is 4.57 Å². The van der Waals surface area contributed by atoms with Crippen molar-refractivity contribution in [1.29, 1.82) is 0 Å². The summed E-state index contributed by atoms with van der Waals surface area (Å²) in [6.07, 6.45) is 0. The maximum Gasteiger partial charge on any atom is 0.524 e. The van der Waals surface area contributed by atoms with E-state index in [1.807, 2.05) is 55.5 Å². The van der Waals surface area contributed by atoms with Crippen molar-refractivity contribution >= 4 is 100 Å². The van der Waals surface area contributed by atoms with Gasteiger partial charge in [-0.1, -0.05) is 42.5 Å². The van der Waals surface area contributed by atoms with Crippen molar-refractivity contribution in [2.75, 3.05) is 5.32 Å². The first-order valence-electron chi connectivity index (χ1n) is 8.89. The van der Waals surface area contributed by atoms with Crippen molar-refractivity contribution in [2.24, 2.45) is 0 Å². The second kappa shape index (κ2) is 10.6. The zero-order valence-electron chi connectivity index (χ0n) is 17.5. The minimum atomic E-state index is -4.85. The van der Waals surface area contributed by atoms with Crippen molar-refractivity contribution in [2.45, 2.75) is 6.92 Å². The summed E-state index contributed by atoms with van der Waals surface area (Å²) in [5.74, 6) is -0.690. The summed E-state index contributed by atoms with van der Waals surface area (Å²) in [6.45, 7) is 1.86. The summed E-state index contributed by atoms with van der Waals surface area (Å²) in [5.41, 5.74) is 1.52. The van der Waals surface area contributed by atoms with Gasteiger partial charge in [-0.25, -0.2) is 4.57 Å². The second-order valence-corrected chi connectivity index (χ2v) is 7.91. The summed E-state index contributed by atoms with van der Waals surface area (Å²) >= 11 is 0. The first-order chi connectivity index (χ1) is 13.8. The Morgan fingerprint density at radius 3 is 1.97 bits per heavy atom. The molecule has 0 aromatic heterocycles. The van der Waals surface area contributed by atoms with Gasteiger partial charge in [-0.05, 0) is 64.4 Å². The average Bonchev–Trinajstić information content (AvgIpc) is 2.66. The minimum absolute atomic E-state index is 0. The first kappa shape index (κ1) is 26.1. The smallest absolute Gasteiger partial charge is 0.403 e. The molecule has 0 unspecified atom stereocenters. The van der Waals surface area contributed by atoms with Crippen LogP contribution >= 0.6 is 7.82 Å². The third-order valence-electron chi connectivity index (χ3n) is 4.66. The molecule has 0 bridgehead atoms. The Balaban J connectivity index is 0.00000171. The van der Waals surface area contributed by atoms with Gasteiger partial charge in [-0.15, -0.1) is 0 Å². The van der Waals surface area contributed by atoms with Crippen LogP contribution in [0.1, 0.15) is 15.9 Å². The predicted molar refractivity (Wildman–Crippen MR) is 125 cm³/mol. The van der Waals surface area contributed by atoms with E-state index >= 15 is 0 Å². The fraction of sp³-hybridized carbons (Fsp3) is 0.0455. The van der Waals surface area contributed by atoms with Crippen molar-refractivity contribution < 1.29 is 23.7 Å². The van der Waals surface area contributed by atoms with Crippen molar-refractivity contribution in [3.8, 4) is 5.75 Å². The number of rotatable bonds is 4. The first-order valence-corrected chi connectivity index (χ1v) is 10.4. The number of hydrogen-bond acceptors (Lipinski definition) is 3. The van der Waals surface area contributed by atoms with E-state index in [1.165, 1.54) is 6.07 Å². The third kappa shape index (κ3) is 6.20. The standard InChI is InChI=1S/C22H18NO5P.2Na/c1-14-6-2-5-9-20(14)23-22(24)19-12-17-10-15-7-3-4-8-16(15)11-18(17)13-21(19)28-29(25,26)27;;/h2-13H,1H3,(H,23,24)(H2,25,26,27);;. The van der Waals surface area contributed by atoms with Gasteiger partial charge < -0.3 is 9.84 Å². The topological polar surface area (TPSA) is 95.9 Å². The Morgan fingerprint density at radius 2 is 1.39 bits per heavy atom. The van der Waals surface area contributed by atoms with Gasteiger partial charge >= 0.3 is 7.82 Å². The van der Waals surface area contributed by atoms with Crippen LogP contribution in [-0.4, -0.2) is 74.8 Å². The van der Waals surface area contributed by atoms with Crippen LogP contribution in [0.15, 0.2) is 72.8 Å². The number of anilines is 1. The van der Waals surface area contributed by atoms with Gasteiger partial charge in [-0.3, -0.25) is 14.6 Å². The van der Waals surface area contributed by atoms with Crippen LogP contribution in [0, 0.1) is 6.92 Å². The quantitative estimate of drug-likeness (QED) is 0.244. The fourth-order valence-electron chi connectivity index (χ4n) is 3.26. The van der Waals surface area contributed by atoms with Crippen LogP contribution in [0.2, 0.25) is 0 Å². The van der Waals surface area contributed by atoms with E-state index in [0.29, 0.717) is 11.1 Å². The summed E-state index contributed by atoms with van der Waals surface area (Å²) < 4.78 is 16.3. The van der Waals surface area contributed by atoms with Gasteiger partial charge in [0.1, 0.15) is 5.75 Å². The number of aryl methyl sites for hydroxylation is 1. The van der Waals surface area contributed by atoms with Crippen LogP contribution in [0.5, 0.6) is 5.75 Å². The Hall–Kier alpha value is -1.18. The van der Waals surface area contributed by atoms with E-state index in [0.717, 1.165) is 21.7 Å². The van der Waals surface area contributed by atoms with E-state index in [2.05, 4.69) is 5.32 Å². The molecule has 9 heteroatoms. The third-order valence-corrected chi connectivity index (χ3v) is 5.09.